The van der Waals surface area contributed by atoms with Gasteiger partial charge in [0.15, 0.2) is 0 Å². The third-order valence-electron chi connectivity index (χ3n) is 0.457. The Kier molecular flexibility index (Phi) is 3.24. The molecule has 1 N–H and O–H groups in total. The highest BCUT2D eigenvalue weighted by atomic mass is 32.3. The fourth-order valence-electron chi connectivity index (χ4n) is 0.176. The van der Waals surface area contributed by atoms with Gasteiger partial charge in [0.05, 0.1) is 0 Å². The van der Waals surface area contributed by atoms with E-state index in [0.717, 1.165) is 0 Å². The Morgan fingerprint density at radius 1 is 1.67 bits per heavy atom. The van der Waals surface area contributed by atoms with Crippen molar-refractivity contribution in [1.29, 1.82) is 0 Å². The summed E-state index contributed by atoms with van der Waals surface area (Å²) in [6.07, 6.45) is 0. The maximum Gasteiger partial charge on any atom is 0.398 e. The summed E-state index contributed by atoms with van der Waals surface area (Å²) in [5.74, 6) is 4.68. The summed E-state index contributed by atoms with van der Waals surface area (Å²) in [5, 5.41) is 0. The van der Waals surface area contributed by atoms with Crippen LogP contribution in [-0.4, -0.2) is 19.6 Å². The molecule has 0 unspecified atom stereocenters. The zero-order valence-corrected chi connectivity index (χ0v) is 5.60. The summed E-state index contributed by atoms with van der Waals surface area (Å²) in [6, 6.07) is 0. The molecule has 0 saturated heterocycles. The second kappa shape index (κ2) is 3.45. The van der Waals surface area contributed by atoms with Crippen molar-refractivity contribution in [1.82, 2.24) is 0 Å². The monoisotopic (exact) mass is 150 g/mol. The van der Waals surface area contributed by atoms with Crippen molar-refractivity contribution in [3.05, 3.63) is 0 Å². The highest BCUT2D eigenvalue weighted by Crippen LogP contribution is 1.82. The molecule has 0 spiro atoms. The third-order valence-corrected chi connectivity index (χ3v) is 0.873. The van der Waals surface area contributed by atoms with Crippen LogP contribution in [0.3, 0.4) is 0 Å². The molecule has 0 fully saturated rings. The van der Waals surface area contributed by atoms with E-state index in [4.69, 9.17) is 4.55 Å². The molecule has 0 radical (unpaired) electrons. The second-order valence-corrected chi connectivity index (χ2v) is 2.21. The van der Waals surface area contributed by atoms with E-state index in [1.807, 2.05) is 0 Å². The first kappa shape index (κ1) is 8.43. The van der Waals surface area contributed by atoms with E-state index in [1.54, 1.807) is 0 Å². The van der Waals surface area contributed by atoms with Crippen LogP contribution in [0.1, 0.15) is 6.92 Å². The Hall–Kier alpha value is -0.570. The molecule has 4 nitrogen and oxygen atoms in total. The lowest BCUT2D eigenvalue weighted by Gasteiger charge is -1.89. The topological polar surface area (TPSA) is 63.6 Å². The number of hydrogen-bond acceptors (Lipinski definition) is 3. The van der Waals surface area contributed by atoms with Crippen LogP contribution >= 0.6 is 0 Å². The largest absolute Gasteiger partial charge is 0.398 e. The van der Waals surface area contributed by atoms with Crippen LogP contribution < -0.4 is 0 Å². The summed E-state index contributed by atoms with van der Waals surface area (Å²) in [6.45, 7) is 1.24. The summed E-state index contributed by atoms with van der Waals surface area (Å²) in [5.41, 5.74) is 0. The molecule has 0 aliphatic heterocycles. The van der Waals surface area contributed by atoms with E-state index in [0.29, 0.717) is 0 Å². The van der Waals surface area contributed by atoms with Gasteiger partial charge < -0.3 is 0 Å². The van der Waals surface area contributed by atoms with Gasteiger partial charge in [-0.2, -0.15) is 8.42 Å². The minimum absolute atomic E-state index is 0.296. The first-order chi connectivity index (χ1) is 4.06. The Morgan fingerprint density at radius 3 is 2.56 bits per heavy atom. The molecule has 0 aliphatic rings. The molecular weight excluding hydrogens is 144 g/mol. The van der Waals surface area contributed by atoms with Crippen LogP contribution in [0.2, 0.25) is 0 Å². The molecule has 0 aliphatic carbocycles. The van der Waals surface area contributed by atoms with Crippen molar-refractivity contribution in [2.75, 3.05) is 6.61 Å². The van der Waals surface area contributed by atoms with Gasteiger partial charge in [0.1, 0.15) is 6.61 Å². The molecule has 0 heterocycles. The molecule has 9 heavy (non-hydrogen) atoms. The average Bonchev–Trinajstić information content (AvgIpc) is 1.63. The van der Waals surface area contributed by atoms with Crippen LogP contribution in [0.15, 0.2) is 0 Å². The Bertz CT molecular complexity index is 217. The first-order valence-electron chi connectivity index (χ1n) is 2.07. The highest BCUT2D eigenvalue weighted by molar-refractivity contribution is 7.80. The normalized spacial score (nSPS) is 10.0. The smallest absolute Gasteiger partial charge is 0.264 e. The predicted octanol–water partition coefficient (Wildman–Crippen LogP) is -0.171. The minimum Gasteiger partial charge on any atom is -0.264 e. The zero-order chi connectivity index (χ0) is 7.33. The van der Waals surface area contributed by atoms with Crippen LogP contribution in [0.5, 0.6) is 0 Å². The van der Waals surface area contributed by atoms with Gasteiger partial charge in [-0.3, -0.25) is 4.55 Å². The van der Waals surface area contributed by atoms with Crippen LogP contribution in [-0.2, 0) is 14.6 Å². The van der Waals surface area contributed by atoms with E-state index in [2.05, 4.69) is 16.0 Å². The molecule has 52 valence electrons. The van der Waals surface area contributed by atoms with E-state index < -0.39 is 10.4 Å². The van der Waals surface area contributed by atoms with Gasteiger partial charge in [-0.25, -0.2) is 4.18 Å². The summed E-state index contributed by atoms with van der Waals surface area (Å²) >= 11 is 0. The molecule has 0 aromatic rings. The average molecular weight is 150 g/mol. The molecule has 0 aromatic carbocycles. The molecule has 0 atom stereocenters. The van der Waals surface area contributed by atoms with Crippen LogP contribution in [0.25, 0.3) is 0 Å². The molecule has 0 bridgehead atoms. The van der Waals surface area contributed by atoms with Crippen molar-refractivity contribution in [2.24, 2.45) is 0 Å². The third kappa shape index (κ3) is 7.43. The molecular formula is C4H6O4S. The quantitative estimate of drug-likeness (QED) is 0.438. The van der Waals surface area contributed by atoms with E-state index in [-0.39, 0.29) is 6.61 Å². The zero-order valence-electron chi connectivity index (χ0n) is 4.79. The molecule has 0 aromatic heterocycles. The van der Waals surface area contributed by atoms with Crippen molar-refractivity contribution in [3.63, 3.8) is 0 Å². The lowest BCUT2D eigenvalue weighted by atomic mass is 10.6. The maximum absolute atomic E-state index is 9.77. The Balaban J connectivity index is 3.62. The molecule has 0 amide bonds. The summed E-state index contributed by atoms with van der Waals surface area (Å²) in [4.78, 5) is 0. The van der Waals surface area contributed by atoms with Gasteiger partial charge in [-0.15, -0.1) is 5.92 Å². The summed E-state index contributed by atoms with van der Waals surface area (Å²) < 4.78 is 31.3. The van der Waals surface area contributed by atoms with Crippen LogP contribution in [0, 0.1) is 11.8 Å². The lowest BCUT2D eigenvalue weighted by molar-refractivity contribution is 0.300. The van der Waals surface area contributed by atoms with Crippen molar-refractivity contribution < 1.29 is 17.2 Å². The predicted molar refractivity (Wildman–Crippen MR) is 31.0 cm³/mol. The SMILES string of the molecule is CC#CCOS(=O)(=O)O. The van der Waals surface area contributed by atoms with Crippen molar-refractivity contribution >= 4 is 10.4 Å². The molecule has 0 saturated carbocycles. The van der Waals surface area contributed by atoms with E-state index >= 15 is 0 Å². The van der Waals surface area contributed by atoms with Gasteiger partial charge in [-0.05, 0) is 6.92 Å². The fourth-order valence-corrected chi connectivity index (χ4v) is 0.384. The molecule has 0 rings (SSSR count). The maximum atomic E-state index is 9.77. The van der Waals surface area contributed by atoms with Crippen molar-refractivity contribution in [3.8, 4) is 11.8 Å². The Morgan fingerprint density at radius 2 is 2.22 bits per heavy atom. The lowest BCUT2D eigenvalue weighted by Crippen LogP contribution is -2.02. The van der Waals surface area contributed by atoms with Gasteiger partial charge in [0, 0.05) is 0 Å². The number of hydrogen-bond donors (Lipinski definition) is 1. The minimum atomic E-state index is -4.30. The fraction of sp³-hybridized carbons (Fsp3) is 0.500. The van der Waals surface area contributed by atoms with Gasteiger partial charge in [-0.1, -0.05) is 5.92 Å². The highest BCUT2D eigenvalue weighted by Gasteiger charge is 1.99. The van der Waals surface area contributed by atoms with Crippen LogP contribution in [0.4, 0.5) is 0 Å². The van der Waals surface area contributed by atoms with E-state index in [9.17, 15) is 8.42 Å². The first-order valence-corrected chi connectivity index (χ1v) is 3.44. The van der Waals surface area contributed by atoms with E-state index in [1.165, 1.54) is 6.92 Å². The summed E-state index contributed by atoms with van der Waals surface area (Å²) in [7, 11) is -4.30. The van der Waals surface area contributed by atoms with Gasteiger partial charge >= 0.3 is 10.4 Å². The second-order valence-electron chi connectivity index (χ2n) is 1.12. The van der Waals surface area contributed by atoms with Crippen molar-refractivity contribution in [2.45, 2.75) is 6.92 Å². The standard InChI is InChI=1S/C4H6O4S/c1-2-3-4-8-9(5,6)7/h4H2,1H3,(H,5,6,7). The Labute approximate surface area is 53.8 Å². The van der Waals surface area contributed by atoms with Gasteiger partial charge in [0.25, 0.3) is 0 Å². The number of rotatable bonds is 2. The van der Waals surface area contributed by atoms with Gasteiger partial charge in [0.2, 0.25) is 0 Å². The molecule has 5 heteroatoms.